The van der Waals surface area contributed by atoms with Gasteiger partial charge in [-0.3, -0.25) is 4.79 Å². The highest BCUT2D eigenvalue weighted by molar-refractivity contribution is 6.05. The van der Waals surface area contributed by atoms with Gasteiger partial charge in [-0.2, -0.15) is 0 Å². The third-order valence-corrected chi connectivity index (χ3v) is 3.30. The summed E-state index contributed by atoms with van der Waals surface area (Å²) in [5, 5.41) is 12.6. The number of nitrogens with one attached hydrogen (secondary N) is 1. The van der Waals surface area contributed by atoms with Crippen LogP contribution in [0, 0.1) is 6.92 Å². The topological polar surface area (TPSA) is 49.3 Å². The van der Waals surface area contributed by atoms with Crippen molar-refractivity contribution in [3.63, 3.8) is 0 Å². The van der Waals surface area contributed by atoms with Crippen molar-refractivity contribution in [3.05, 3.63) is 59.2 Å². The van der Waals surface area contributed by atoms with E-state index in [-0.39, 0.29) is 11.7 Å². The second-order valence-corrected chi connectivity index (χ2v) is 5.20. The van der Waals surface area contributed by atoms with Crippen LogP contribution in [0.25, 0.3) is 0 Å². The average Bonchev–Trinajstić information content (AvgIpc) is 2.42. The number of anilines is 1. The molecule has 0 unspecified atom stereocenters. The van der Waals surface area contributed by atoms with E-state index in [1.54, 1.807) is 19.1 Å². The van der Waals surface area contributed by atoms with Crippen LogP contribution in [-0.4, -0.2) is 11.0 Å². The number of hydrogen-bond donors (Lipinski definition) is 2. The maximum Gasteiger partial charge on any atom is 0.255 e. The smallest absolute Gasteiger partial charge is 0.255 e. The highest BCUT2D eigenvalue weighted by Crippen LogP contribution is 2.25. The van der Waals surface area contributed by atoms with Crippen molar-refractivity contribution in [2.45, 2.75) is 26.7 Å². The Hall–Kier alpha value is -2.29. The van der Waals surface area contributed by atoms with Crippen molar-refractivity contribution in [1.29, 1.82) is 0 Å². The molecule has 0 bridgehead atoms. The van der Waals surface area contributed by atoms with Gasteiger partial charge in [0.1, 0.15) is 5.75 Å². The number of amides is 1. The fourth-order valence-corrected chi connectivity index (χ4v) is 2.06. The molecule has 2 aromatic carbocycles. The number of hydrogen-bond acceptors (Lipinski definition) is 2. The predicted molar refractivity (Wildman–Crippen MR) is 81.3 cm³/mol. The predicted octanol–water partition coefficient (Wildman–Crippen LogP) is 4.08. The van der Waals surface area contributed by atoms with Gasteiger partial charge >= 0.3 is 0 Å². The van der Waals surface area contributed by atoms with Crippen molar-refractivity contribution in [2.24, 2.45) is 0 Å². The molecule has 1 amide bonds. The van der Waals surface area contributed by atoms with E-state index in [0.717, 1.165) is 16.8 Å². The molecule has 3 nitrogen and oxygen atoms in total. The van der Waals surface area contributed by atoms with E-state index in [2.05, 4.69) is 19.2 Å². The monoisotopic (exact) mass is 269 g/mol. The molecule has 2 aromatic rings. The van der Waals surface area contributed by atoms with Gasteiger partial charge in [-0.25, -0.2) is 0 Å². The Balaban J connectivity index is 2.26. The van der Waals surface area contributed by atoms with Crippen molar-refractivity contribution in [3.8, 4) is 5.75 Å². The molecule has 0 aromatic heterocycles. The highest BCUT2D eigenvalue weighted by atomic mass is 16.3. The molecule has 3 heteroatoms. The third-order valence-electron chi connectivity index (χ3n) is 3.30. The highest BCUT2D eigenvalue weighted by Gasteiger charge is 2.11. The Morgan fingerprint density at radius 2 is 1.85 bits per heavy atom. The number of carbonyl (C=O) groups is 1. The van der Waals surface area contributed by atoms with Crippen molar-refractivity contribution in [1.82, 2.24) is 0 Å². The first-order valence-corrected chi connectivity index (χ1v) is 6.69. The number of aromatic hydroxyl groups is 1. The van der Waals surface area contributed by atoms with Crippen LogP contribution in [0.2, 0.25) is 0 Å². The number of aryl methyl sites for hydroxylation is 1. The summed E-state index contributed by atoms with van der Waals surface area (Å²) in [6.07, 6.45) is 0. The van der Waals surface area contributed by atoms with E-state index in [9.17, 15) is 9.90 Å². The lowest BCUT2D eigenvalue weighted by Crippen LogP contribution is -2.13. The largest absolute Gasteiger partial charge is 0.508 e. The molecule has 2 N–H and O–H groups in total. The number of carbonyl (C=O) groups excluding carboxylic acids is 1. The van der Waals surface area contributed by atoms with E-state index in [0.29, 0.717) is 11.5 Å². The van der Waals surface area contributed by atoms with E-state index >= 15 is 0 Å². The number of benzene rings is 2. The van der Waals surface area contributed by atoms with Gasteiger partial charge < -0.3 is 10.4 Å². The lowest BCUT2D eigenvalue weighted by atomic mass is 10.0. The van der Waals surface area contributed by atoms with Gasteiger partial charge in [0.25, 0.3) is 5.91 Å². The first-order chi connectivity index (χ1) is 9.49. The summed E-state index contributed by atoms with van der Waals surface area (Å²) < 4.78 is 0. The Kier molecular flexibility index (Phi) is 4.08. The molecule has 0 aliphatic rings. The standard InChI is InChI=1S/C17H19NO2/c1-11(2)14-6-4-5-7-15(14)18-17(20)13-9-8-12(3)16(19)10-13/h4-11,19H,1-3H3,(H,18,20). The molecule has 0 aliphatic carbocycles. The zero-order chi connectivity index (χ0) is 14.7. The quantitative estimate of drug-likeness (QED) is 0.882. The number of para-hydroxylation sites is 1. The second kappa shape index (κ2) is 5.78. The van der Waals surface area contributed by atoms with Gasteiger partial charge in [0.2, 0.25) is 0 Å². The molecule has 2 rings (SSSR count). The van der Waals surface area contributed by atoms with Crippen molar-refractivity contribution in [2.75, 3.05) is 5.32 Å². The van der Waals surface area contributed by atoms with E-state index in [1.165, 1.54) is 6.07 Å². The van der Waals surface area contributed by atoms with Crippen LogP contribution in [0.15, 0.2) is 42.5 Å². The number of phenolic OH excluding ortho intramolecular Hbond substituents is 1. The molecule has 0 radical (unpaired) electrons. The van der Waals surface area contributed by atoms with Crippen LogP contribution in [-0.2, 0) is 0 Å². The maximum absolute atomic E-state index is 12.2. The van der Waals surface area contributed by atoms with Gasteiger partial charge in [-0.1, -0.05) is 38.1 Å². The van der Waals surface area contributed by atoms with Gasteiger partial charge in [-0.05, 0) is 42.2 Å². The maximum atomic E-state index is 12.2. The van der Waals surface area contributed by atoms with E-state index in [4.69, 9.17) is 0 Å². The summed E-state index contributed by atoms with van der Waals surface area (Å²) in [5.41, 5.74) is 3.11. The minimum Gasteiger partial charge on any atom is -0.508 e. The van der Waals surface area contributed by atoms with Gasteiger partial charge in [0.15, 0.2) is 0 Å². The van der Waals surface area contributed by atoms with Crippen LogP contribution in [0.1, 0.15) is 41.3 Å². The molecular weight excluding hydrogens is 250 g/mol. The lowest BCUT2D eigenvalue weighted by molar-refractivity contribution is 0.102. The fraction of sp³-hybridized carbons (Fsp3) is 0.235. The molecule has 0 saturated heterocycles. The molecule has 0 saturated carbocycles. The summed E-state index contributed by atoms with van der Waals surface area (Å²) in [6, 6.07) is 12.7. The van der Waals surface area contributed by atoms with Crippen LogP contribution < -0.4 is 5.32 Å². The molecule has 0 fully saturated rings. The van der Waals surface area contributed by atoms with Crippen LogP contribution in [0.3, 0.4) is 0 Å². The minimum absolute atomic E-state index is 0.134. The van der Waals surface area contributed by atoms with Gasteiger partial charge in [0, 0.05) is 11.3 Å². The van der Waals surface area contributed by atoms with Crippen LogP contribution in [0.5, 0.6) is 5.75 Å². The van der Waals surface area contributed by atoms with Gasteiger partial charge in [0.05, 0.1) is 0 Å². The van der Waals surface area contributed by atoms with Gasteiger partial charge in [-0.15, -0.1) is 0 Å². The van der Waals surface area contributed by atoms with Crippen molar-refractivity contribution < 1.29 is 9.90 Å². The first-order valence-electron chi connectivity index (χ1n) is 6.69. The fourth-order valence-electron chi connectivity index (χ4n) is 2.06. The molecule has 20 heavy (non-hydrogen) atoms. The summed E-state index contributed by atoms with van der Waals surface area (Å²) >= 11 is 0. The average molecular weight is 269 g/mol. The van der Waals surface area contributed by atoms with Crippen LogP contribution >= 0.6 is 0 Å². The number of rotatable bonds is 3. The normalized spacial score (nSPS) is 10.6. The summed E-state index contributed by atoms with van der Waals surface area (Å²) in [6.45, 7) is 5.97. The summed E-state index contributed by atoms with van der Waals surface area (Å²) in [5.74, 6) is 0.251. The Labute approximate surface area is 119 Å². The zero-order valence-corrected chi connectivity index (χ0v) is 12.0. The molecule has 0 atom stereocenters. The van der Waals surface area contributed by atoms with E-state index < -0.39 is 0 Å². The Morgan fingerprint density at radius 1 is 1.15 bits per heavy atom. The summed E-state index contributed by atoms with van der Waals surface area (Å²) in [7, 11) is 0. The molecule has 0 aliphatic heterocycles. The SMILES string of the molecule is Cc1ccc(C(=O)Nc2ccccc2C(C)C)cc1O. The Morgan fingerprint density at radius 3 is 2.50 bits per heavy atom. The number of phenols is 1. The molecule has 0 spiro atoms. The Bertz CT molecular complexity index is 633. The van der Waals surface area contributed by atoms with Crippen LogP contribution in [0.4, 0.5) is 5.69 Å². The second-order valence-electron chi connectivity index (χ2n) is 5.20. The molecule has 104 valence electrons. The zero-order valence-electron chi connectivity index (χ0n) is 12.0. The molecule has 0 heterocycles. The minimum atomic E-state index is -0.214. The van der Waals surface area contributed by atoms with Crippen molar-refractivity contribution >= 4 is 11.6 Å². The summed E-state index contributed by atoms with van der Waals surface area (Å²) in [4.78, 5) is 12.2. The first kappa shape index (κ1) is 14.1. The molecular formula is C17H19NO2. The third kappa shape index (κ3) is 2.99. The van der Waals surface area contributed by atoms with E-state index in [1.807, 2.05) is 24.3 Å². The lowest BCUT2D eigenvalue weighted by Gasteiger charge is -2.13.